The van der Waals surface area contributed by atoms with Gasteiger partial charge in [-0.1, -0.05) is 29.3 Å². The largest absolute Gasteiger partial charge is 0.392 e. The van der Waals surface area contributed by atoms with Crippen LogP contribution in [0.4, 0.5) is 0 Å². The number of hydrogen-bond acceptors (Lipinski definition) is 2. The molecule has 1 saturated heterocycles. The summed E-state index contributed by atoms with van der Waals surface area (Å²) < 4.78 is 0. The lowest BCUT2D eigenvalue weighted by molar-refractivity contribution is 0.0668. The standard InChI is InChI=1S/C14H21NO/c1-11-6-12(2)8-13(7-11)9-15-5-3-4-14(16)10-15/h6-8,14,16H,3-5,9-10H2,1-2H3. The second kappa shape index (κ2) is 4.98. The number of likely N-dealkylation sites (tertiary alicyclic amines) is 1. The molecule has 2 heteroatoms. The molecular weight excluding hydrogens is 198 g/mol. The van der Waals surface area contributed by atoms with Gasteiger partial charge in [0.15, 0.2) is 0 Å². The van der Waals surface area contributed by atoms with Crippen LogP contribution in [-0.2, 0) is 6.54 Å². The molecule has 0 aromatic heterocycles. The molecule has 1 unspecified atom stereocenters. The molecule has 1 aliphatic rings. The van der Waals surface area contributed by atoms with Crippen LogP contribution in [0.15, 0.2) is 18.2 Å². The van der Waals surface area contributed by atoms with Crippen molar-refractivity contribution < 1.29 is 5.11 Å². The number of rotatable bonds is 2. The monoisotopic (exact) mass is 219 g/mol. The minimum absolute atomic E-state index is 0.125. The highest BCUT2D eigenvalue weighted by atomic mass is 16.3. The predicted octanol–water partition coefficient (Wildman–Crippen LogP) is 2.26. The van der Waals surface area contributed by atoms with E-state index < -0.39 is 0 Å². The van der Waals surface area contributed by atoms with Gasteiger partial charge >= 0.3 is 0 Å². The van der Waals surface area contributed by atoms with Gasteiger partial charge < -0.3 is 5.11 Å². The Kier molecular flexibility index (Phi) is 3.62. The van der Waals surface area contributed by atoms with Crippen LogP contribution >= 0.6 is 0 Å². The highest BCUT2D eigenvalue weighted by molar-refractivity contribution is 5.28. The number of aryl methyl sites for hydroxylation is 2. The number of benzene rings is 1. The molecule has 1 aromatic rings. The topological polar surface area (TPSA) is 23.5 Å². The molecule has 0 bridgehead atoms. The number of β-amino-alcohol motifs (C(OH)–C–C–N with tert-alkyl or cyclic N) is 1. The third kappa shape index (κ3) is 3.06. The quantitative estimate of drug-likeness (QED) is 0.824. The Morgan fingerprint density at radius 3 is 2.56 bits per heavy atom. The van der Waals surface area contributed by atoms with Gasteiger partial charge in [0.05, 0.1) is 6.10 Å². The molecule has 0 spiro atoms. The van der Waals surface area contributed by atoms with Crippen molar-refractivity contribution in [2.24, 2.45) is 0 Å². The molecule has 0 amide bonds. The highest BCUT2D eigenvalue weighted by Crippen LogP contribution is 2.15. The van der Waals surface area contributed by atoms with E-state index in [9.17, 15) is 5.11 Å². The van der Waals surface area contributed by atoms with Crippen molar-refractivity contribution in [2.45, 2.75) is 39.3 Å². The number of piperidine rings is 1. The van der Waals surface area contributed by atoms with Crippen molar-refractivity contribution in [2.75, 3.05) is 13.1 Å². The lowest BCUT2D eigenvalue weighted by atomic mass is 10.0. The number of hydrogen-bond donors (Lipinski definition) is 1. The summed E-state index contributed by atoms with van der Waals surface area (Å²) in [7, 11) is 0. The van der Waals surface area contributed by atoms with Gasteiger partial charge in [0.1, 0.15) is 0 Å². The van der Waals surface area contributed by atoms with E-state index in [0.717, 1.165) is 32.5 Å². The van der Waals surface area contributed by atoms with Gasteiger partial charge in [-0.05, 0) is 38.8 Å². The van der Waals surface area contributed by atoms with Gasteiger partial charge in [0.25, 0.3) is 0 Å². The molecule has 0 aliphatic carbocycles. The van der Waals surface area contributed by atoms with Crippen molar-refractivity contribution in [3.63, 3.8) is 0 Å². The van der Waals surface area contributed by atoms with Crippen LogP contribution < -0.4 is 0 Å². The van der Waals surface area contributed by atoms with Crippen LogP contribution in [0.25, 0.3) is 0 Å². The average molecular weight is 219 g/mol. The summed E-state index contributed by atoms with van der Waals surface area (Å²) in [5.41, 5.74) is 4.02. The van der Waals surface area contributed by atoms with Crippen LogP contribution in [0, 0.1) is 13.8 Å². The first-order valence-electron chi connectivity index (χ1n) is 6.11. The Morgan fingerprint density at radius 1 is 1.25 bits per heavy atom. The minimum atomic E-state index is -0.125. The lowest BCUT2D eigenvalue weighted by Crippen LogP contribution is -2.37. The predicted molar refractivity (Wildman–Crippen MR) is 66.4 cm³/mol. The molecule has 1 aliphatic heterocycles. The fraction of sp³-hybridized carbons (Fsp3) is 0.571. The molecule has 1 aromatic carbocycles. The molecule has 1 atom stereocenters. The first-order valence-corrected chi connectivity index (χ1v) is 6.11. The third-order valence-corrected chi connectivity index (χ3v) is 3.17. The van der Waals surface area contributed by atoms with E-state index in [0.29, 0.717) is 0 Å². The van der Waals surface area contributed by atoms with Gasteiger partial charge in [-0.15, -0.1) is 0 Å². The van der Waals surface area contributed by atoms with Crippen LogP contribution in [0.3, 0.4) is 0 Å². The maximum Gasteiger partial charge on any atom is 0.0667 e. The highest BCUT2D eigenvalue weighted by Gasteiger charge is 2.17. The van der Waals surface area contributed by atoms with Gasteiger partial charge in [-0.25, -0.2) is 0 Å². The van der Waals surface area contributed by atoms with Crippen molar-refractivity contribution in [1.29, 1.82) is 0 Å². The fourth-order valence-corrected chi connectivity index (χ4v) is 2.59. The van der Waals surface area contributed by atoms with Crippen molar-refractivity contribution in [3.05, 3.63) is 34.9 Å². The van der Waals surface area contributed by atoms with E-state index in [-0.39, 0.29) is 6.10 Å². The second-order valence-corrected chi connectivity index (χ2v) is 5.03. The average Bonchev–Trinajstić information content (AvgIpc) is 2.15. The van der Waals surface area contributed by atoms with E-state index in [1.807, 2.05) is 0 Å². The van der Waals surface area contributed by atoms with E-state index >= 15 is 0 Å². The lowest BCUT2D eigenvalue weighted by Gasteiger charge is -2.30. The van der Waals surface area contributed by atoms with Gasteiger partial charge in [-0.2, -0.15) is 0 Å². The van der Waals surface area contributed by atoms with E-state index in [1.165, 1.54) is 16.7 Å². The van der Waals surface area contributed by atoms with Crippen molar-refractivity contribution in [3.8, 4) is 0 Å². The SMILES string of the molecule is Cc1cc(C)cc(CN2CCCC(O)C2)c1. The van der Waals surface area contributed by atoms with Gasteiger partial charge in [0, 0.05) is 13.1 Å². The van der Waals surface area contributed by atoms with Crippen LogP contribution in [0.5, 0.6) is 0 Å². The third-order valence-electron chi connectivity index (χ3n) is 3.17. The summed E-state index contributed by atoms with van der Waals surface area (Å²) in [5, 5.41) is 9.63. The molecule has 2 rings (SSSR count). The summed E-state index contributed by atoms with van der Waals surface area (Å²) in [4.78, 5) is 2.35. The summed E-state index contributed by atoms with van der Waals surface area (Å²) in [5.74, 6) is 0. The number of nitrogens with zero attached hydrogens (tertiary/aromatic N) is 1. The molecule has 2 nitrogen and oxygen atoms in total. The molecule has 0 saturated carbocycles. The molecule has 0 radical (unpaired) electrons. The van der Waals surface area contributed by atoms with Crippen LogP contribution in [0.2, 0.25) is 0 Å². The normalized spacial score (nSPS) is 22.3. The van der Waals surface area contributed by atoms with Gasteiger partial charge in [0.2, 0.25) is 0 Å². The molecule has 1 heterocycles. The molecule has 88 valence electrons. The minimum Gasteiger partial charge on any atom is -0.392 e. The van der Waals surface area contributed by atoms with Crippen molar-refractivity contribution in [1.82, 2.24) is 4.90 Å². The zero-order valence-electron chi connectivity index (χ0n) is 10.2. The van der Waals surface area contributed by atoms with Crippen LogP contribution in [0.1, 0.15) is 29.5 Å². The molecular formula is C14H21NO. The zero-order valence-corrected chi connectivity index (χ0v) is 10.2. The molecule has 16 heavy (non-hydrogen) atoms. The van der Waals surface area contributed by atoms with Gasteiger partial charge in [-0.3, -0.25) is 4.90 Å². The number of aliphatic hydroxyl groups is 1. The Bertz CT molecular complexity index is 342. The number of aliphatic hydroxyl groups excluding tert-OH is 1. The Balaban J connectivity index is 2.02. The fourth-order valence-electron chi connectivity index (χ4n) is 2.59. The maximum atomic E-state index is 9.63. The zero-order chi connectivity index (χ0) is 11.5. The maximum absolute atomic E-state index is 9.63. The first kappa shape index (κ1) is 11.6. The smallest absolute Gasteiger partial charge is 0.0667 e. The van der Waals surface area contributed by atoms with E-state index in [2.05, 4.69) is 36.9 Å². The van der Waals surface area contributed by atoms with E-state index in [4.69, 9.17) is 0 Å². The van der Waals surface area contributed by atoms with E-state index in [1.54, 1.807) is 0 Å². The summed E-state index contributed by atoms with van der Waals surface area (Å²) in [6.45, 7) is 7.19. The van der Waals surface area contributed by atoms with Crippen LogP contribution in [-0.4, -0.2) is 29.2 Å². The second-order valence-electron chi connectivity index (χ2n) is 5.03. The Morgan fingerprint density at radius 2 is 1.94 bits per heavy atom. The summed E-state index contributed by atoms with van der Waals surface area (Å²) in [6, 6.07) is 6.69. The Labute approximate surface area is 97.9 Å². The summed E-state index contributed by atoms with van der Waals surface area (Å²) >= 11 is 0. The van der Waals surface area contributed by atoms with Crippen molar-refractivity contribution >= 4 is 0 Å². The Hall–Kier alpha value is -0.860. The first-order chi connectivity index (χ1) is 7.63. The molecule has 1 fully saturated rings. The molecule has 1 N–H and O–H groups in total. The summed E-state index contributed by atoms with van der Waals surface area (Å²) in [6.07, 6.45) is 1.95.